The number of rotatable bonds is 2. The fraction of sp³-hybridized carbons (Fsp3) is 0.429. The van der Waals surface area contributed by atoms with Gasteiger partial charge in [0.05, 0.1) is 17.3 Å². The zero-order valence-corrected chi connectivity index (χ0v) is 13.0. The quantitative estimate of drug-likeness (QED) is 0.913. The van der Waals surface area contributed by atoms with Crippen molar-refractivity contribution in [2.45, 2.75) is 32.7 Å². The minimum atomic E-state index is 0.0157. The first-order valence-electron chi connectivity index (χ1n) is 6.64. The molecule has 0 unspecified atom stereocenters. The van der Waals surface area contributed by atoms with Crippen LogP contribution in [0.1, 0.15) is 46.2 Å². The van der Waals surface area contributed by atoms with Gasteiger partial charge in [-0.25, -0.2) is 0 Å². The van der Waals surface area contributed by atoms with E-state index >= 15 is 0 Å². The molecule has 1 aliphatic rings. The van der Waals surface area contributed by atoms with Gasteiger partial charge in [-0.1, -0.05) is 0 Å². The number of halogens is 1. The summed E-state index contributed by atoms with van der Waals surface area (Å²) in [4.78, 5) is 14.5. The van der Waals surface area contributed by atoms with Crippen LogP contribution >= 0.6 is 15.9 Å². The van der Waals surface area contributed by atoms with Crippen LogP contribution < -0.4 is 0 Å². The third-order valence-electron chi connectivity index (χ3n) is 3.85. The number of carbonyl (C=O) groups excluding carboxylic acids is 1. The first kappa shape index (κ1) is 13.4. The maximum absolute atomic E-state index is 12.6. The van der Waals surface area contributed by atoms with E-state index in [-0.39, 0.29) is 11.9 Å². The molecule has 1 amide bonds. The number of nitrogens with one attached hydrogen (secondary N) is 1. The Kier molecular flexibility index (Phi) is 3.41. The molecular formula is C14H16BrN3O2. The lowest BCUT2D eigenvalue weighted by Crippen LogP contribution is -2.30. The van der Waals surface area contributed by atoms with Gasteiger partial charge in [0.1, 0.15) is 6.26 Å². The molecule has 1 aliphatic heterocycles. The maximum atomic E-state index is 12.6. The summed E-state index contributed by atoms with van der Waals surface area (Å²) in [6, 6.07) is 1.82. The molecule has 1 atom stereocenters. The molecule has 2 aromatic rings. The molecule has 3 rings (SSSR count). The van der Waals surface area contributed by atoms with Crippen LogP contribution in [-0.4, -0.2) is 27.5 Å². The molecule has 0 aromatic carbocycles. The molecule has 3 heterocycles. The Morgan fingerprint density at radius 3 is 2.95 bits per heavy atom. The SMILES string of the molecule is Cc1n[nH]c(C)c1[C@@H]1CCCN1C(=O)c1coc(Br)c1. The monoisotopic (exact) mass is 337 g/mol. The maximum Gasteiger partial charge on any atom is 0.257 e. The second-order valence-electron chi connectivity index (χ2n) is 5.14. The molecular weight excluding hydrogens is 322 g/mol. The molecule has 20 heavy (non-hydrogen) atoms. The second-order valence-corrected chi connectivity index (χ2v) is 5.93. The lowest BCUT2D eigenvalue weighted by molar-refractivity contribution is 0.0734. The number of furan rings is 1. The lowest BCUT2D eigenvalue weighted by atomic mass is 10.0. The standard InChI is InChI=1S/C14H16BrN3O2/c1-8-13(9(2)17-16-8)11-4-3-5-18(11)14(19)10-6-12(15)20-7-10/h6-7,11H,3-5H2,1-2H3,(H,16,17)/t11-/m0/s1. The smallest absolute Gasteiger partial charge is 0.257 e. The van der Waals surface area contributed by atoms with Crippen molar-refractivity contribution in [2.75, 3.05) is 6.54 Å². The average Bonchev–Trinajstić information content (AvgIpc) is 3.10. The van der Waals surface area contributed by atoms with Gasteiger partial charge in [-0.3, -0.25) is 9.89 Å². The normalized spacial score (nSPS) is 18.8. The first-order chi connectivity index (χ1) is 9.58. The van der Waals surface area contributed by atoms with Gasteiger partial charge in [0.25, 0.3) is 5.91 Å². The van der Waals surface area contributed by atoms with Gasteiger partial charge in [0, 0.05) is 23.9 Å². The van der Waals surface area contributed by atoms with Gasteiger partial charge in [0.2, 0.25) is 0 Å². The van der Waals surface area contributed by atoms with Crippen molar-refractivity contribution < 1.29 is 9.21 Å². The van der Waals surface area contributed by atoms with Crippen molar-refractivity contribution in [3.8, 4) is 0 Å². The minimum Gasteiger partial charge on any atom is -0.457 e. The molecule has 0 aliphatic carbocycles. The van der Waals surface area contributed by atoms with Gasteiger partial charge in [-0.15, -0.1) is 0 Å². The van der Waals surface area contributed by atoms with Crippen LogP contribution in [0.2, 0.25) is 0 Å². The second kappa shape index (κ2) is 5.09. The van der Waals surface area contributed by atoms with Gasteiger partial charge in [-0.2, -0.15) is 5.10 Å². The molecule has 2 aromatic heterocycles. The number of aromatic nitrogens is 2. The van der Waals surface area contributed by atoms with Gasteiger partial charge < -0.3 is 9.32 Å². The summed E-state index contributed by atoms with van der Waals surface area (Å²) in [5.74, 6) is 0.0157. The molecule has 5 nitrogen and oxygen atoms in total. The van der Waals surface area contributed by atoms with Crippen LogP contribution in [0.5, 0.6) is 0 Å². The first-order valence-corrected chi connectivity index (χ1v) is 7.43. The number of hydrogen-bond donors (Lipinski definition) is 1. The molecule has 1 fully saturated rings. The number of amides is 1. The van der Waals surface area contributed by atoms with Crippen LogP contribution in [-0.2, 0) is 0 Å². The van der Waals surface area contributed by atoms with Gasteiger partial charge in [0.15, 0.2) is 4.67 Å². The summed E-state index contributed by atoms with van der Waals surface area (Å²) in [5.41, 5.74) is 3.75. The molecule has 6 heteroatoms. The topological polar surface area (TPSA) is 62.1 Å². The van der Waals surface area contributed by atoms with E-state index in [0.717, 1.165) is 36.3 Å². The van der Waals surface area contributed by atoms with Gasteiger partial charge in [-0.05, 0) is 42.6 Å². The fourth-order valence-corrected chi connectivity index (χ4v) is 3.29. The van der Waals surface area contributed by atoms with Crippen LogP contribution in [0.3, 0.4) is 0 Å². The summed E-state index contributed by atoms with van der Waals surface area (Å²) in [7, 11) is 0. The fourth-order valence-electron chi connectivity index (χ4n) is 2.95. The highest BCUT2D eigenvalue weighted by molar-refractivity contribution is 9.10. The van der Waals surface area contributed by atoms with Crippen molar-refractivity contribution in [1.29, 1.82) is 0 Å². The number of H-pyrrole nitrogens is 1. The number of likely N-dealkylation sites (tertiary alicyclic amines) is 1. The number of aromatic amines is 1. The Labute approximate surface area is 125 Å². The molecule has 1 saturated heterocycles. The highest BCUT2D eigenvalue weighted by Gasteiger charge is 2.33. The average molecular weight is 338 g/mol. The van der Waals surface area contributed by atoms with Crippen molar-refractivity contribution in [3.05, 3.63) is 39.5 Å². The zero-order chi connectivity index (χ0) is 14.3. The zero-order valence-electron chi connectivity index (χ0n) is 11.4. The van der Waals surface area contributed by atoms with Crippen LogP contribution in [0.15, 0.2) is 21.4 Å². The molecule has 1 N–H and O–H groups in total. The Morgan fingerprint density at radius 1 is 1.55 bits per heavy atom. The third-order valence-corrected chi connectivity index (χ3v) is 4.26. The van der Waals surface area contributed by atoms with E-state index in [1.807, 2.05) is 18.7 Å². The largest absolute Gasteiger partial charge is 0.457 e. The molecule has 0 radical (unpaired) electrons. The van der Waals surface area contributed by atoms with E-state index in [1.54, 1.807) is 6.07 Å². The molecule has 0 saturated carbocycles. The Hall–Kier alpha value is -1.56. The summed E-state index contributed by atoms with van der Waals surface area (Å²) >= 11 is 3.23. The molecule has 106 valence electrons. The Morgan fingerprint density at radius 2 is 2.35 bits per heavy atom. The number of hydrogen-bond acceptors (Lipinski definition) is 3. The Bertz CT molecular complexity index is 627. The predicted molar refractivity (Wildman–Crippen MR) is 77.5 cm³/mol. The summed E-state index contributed by atoms with van der Waals surface area (Å²) in [6.07, 6.45) is 3.49. The number of aryl methyl sites for hydroxylation is 2. The minimum absolute atomic E-state index is 0.0157. The lowest BCUT2D eigenvalue weighted by Gasteiger charge is -2.24. The van der Waals surface area contributed by atoms with E-state index < -0.39 is 0 Å². The highest BCUT2D eigenvalue weighted by Crippen LogP contribution is 2.36. The van der Waals surface area contributed by atoms with E-state index in [2.05, 4.69) is 26.1 Å². The molecule has 0 spiro atoms. The molecule has 0 bridgehead atoms. The Balaban J connectivity index is 1.91. The summed E-state index contributed by atoms with van der Waals surface area (Å²) in [6.45, 7) is 4.76. The number of nitrogens with zero attached hydrogens (tertiary/aromatic N) is 2. The summed E-state index contributed by atoms with van der Waals surface area (Å²) < 4.78 is 5.75. The van der Waals surface area contributed by atoms with Gasteiger partial charge >= 0.3 is 0 Å². The van der Waals surface area contributed by atoms with Crippen LogP contribution in [0, 0.1) is 13.8 Å². The van der Waals surface area contributed by atoms with Crippen LogP contribution in [0.4, 0.5) is 0 Å². The predicted octanol–water partition coefficient (Wildman–Crippen LogP) is 3.36. The summed E-state index contributed by atoms with van der Waals surface area (Å²) in [5, 5.41) is 7.25. The highest BCUT2D eigenvalue weighted by atomic mass is 79.9. The van der Waals surface area contributed by atoms with Crippen LogP contribution in [0.25, 0.3) is 0 Å². The third kappa shape index (κ3) is 2.18. The van der Waals surface area contributed by atoms with Crippen molar-refractivity contribution in [3.63, 3.8) is 0 Å². The number of carbonyl (C=O) groups is 1. The van der Waals surface area contributed by atoms with E-state index in [0.29, 0.717) is 10.2 Å². The van der Waals surface area contributed by atoms with Crippen molar-refractivity contribution in [2.24, 2.45) is 0 Å². The van der Waals surface area contributed by atoms with E-state index in [4.69, 9.17) is 4.42 Å². The van der Waals surface area contributed by atoms with E-state index in [1.165, 1.54) is 6.26 Å². The van der Waals surface area contributed by atoms with Crippen molar-refractivity contribution >= 4 is 21.8 Å². The van der Waals surface area contributed by atoms with E-state index in [9.17, 15) is 4.79 Å². The van der Waals surface area contributed by atoms with Crippen molar-refractivity contribution in [1.82, 2.24) is 15.1 Å².